The van der Waals surface area contributed by atoms with Crippen LogP contribution in [0.1, 0.15) is 64.2 Å². The first-order valence-electron chi connectivity index (χ1n) is 12.8. The van der Waals surface area contributed by atoms with Crippen LogP contribution in [-0.2, 0) is 4.79 Å². The quantitative estimate of drug-likeness (QED) is 0.393. The van der Waals surface area contributed by atoms with Gasteiger partial charge in [-0.2, -0.15) is 5.10 Å². The summed E-state index contributed by atoms with van der Waals surface area (Å²) in [6.45, 7) is 12.8. The number of fused-ring (bicyclic) bond motifs is 1. The van der Waals surface area contributed by atoms with E-state index in [0.29, 0.717) is 22.1 Å². The van der Waals surface area contributed by atoms with Gasteiger partial charge in [0.25, 0.3) is 5.91 Å². The number of benzene rings is 2. The molecule has 0 bridgehead atoms. The Balaban J connectivity index is 0.000000360. The number of aromatic nitrogens is 2. The van der Waals surface area contributed by atoms with E-state index in [1.54, 1.807) is 17.0 Å². The van der Waals surface area contributed by atoms with E-state index >= 15 is 0 Å². The number of halogens is 2. The van der Waals surface area contributed by atoms with E-state index in [0.717, 1.165) is 33.6 Å². The molecule has 0 N–H and O–H groups in total. The fourth-order valence-corrected chi connectivity index (χ4v) is 5.53. The Morgan fingerprint density at radius 1 is 0.921 bits per heavy atom. The Labute approximate surface area is 234 Å². The highest BCUT2D eigenvalue weighted by molar-refractivity contribution is 6.31. The lowest BCUT2D eigenvalue weighted by molar-refractivity contribution is 0.0988. The van der Waals surface area contributed by atoms with Crippen LogP contribution in [0.25, 0.3) is 0 Å². The lowest BCUT2D eigenvalue weighted by Gasteiger charge is -2.29. The van der Waals surface area contributed by atoms with Gasteiger partial charge in [0.15, 0.2) is 5.69 Å². The largest absolute Gasteiger partial charge is 0.304 e. The number of carbonyl (C=O) groups is 2. The normalized spacial score (nSPS) is 18.0. The van der Waals surface area contributed by atoms with Crippen molar-refractivity contribution in [2.24, 2.45) is 0 Å². The van der Waals surface area contributed by atoms with Gasteiger partial charge in [-0.25, -0.2) is 4.68 Å². The standard InChI is InChI=1S/C23H21Cl2N3O2.C6H14N2/c1-12(2)21-19-20(26-27(21)11-29)23(30)28(18-10-16(25)6-5-13(18)3)22(19)17-8-7-15(24)9-14(17)4;1-7-3-5-8(2)6-4-7/h5-12,22H,1-4H3;3-6H2,1-2H3. The minimum atomic E-state index is -0.437. The first-order valence-corrected chi connectivity index (χ1v) is 13.6. The second kappa shape index (κ2) is 11.6. The molecule has 0 saturated carbocycles. The lowest BCUT2D eigenvalue weighted by atomic mass is 9.92. The Morgan fingerprint density at radius 2 is 1.50 bits per heavy atom. The summed E-state index contributed by atoms with van der Waals surface area (Å²) in [7, 11) is 4.35. The summed E-state index contributed by atoms with van der Waals surface area (Å²) >= 11 is 12.5. The molecule has 1 unspecified atom stereocenters. The summed E-state index contributed by atoms with van der Waals surface area (Å²) in [6, 6.07) is 10.7. The Kier molecular flexibility index (Phi) is 8.62. The van der Waals surface area contributed by atoms with Crippen LogP contribution in [0.5, 0.6) is 0 Å². The van der Waals surface area contributed by atoms with E-state index < -0.39 is 6.04 Å². The van der Waals surface area contributed by atoms with E-state index in [2.05, 4.69) is 29.0 Å². The summed E-state index contributed by atoms with van der Waals surface area (Å²) in [5.74, 6) is -0.257. The maximum atomic E-state index is 13.6. The molecule has 1 fully saturated rings. The maximum absolute atomic E-state index is 13.6. The van der Waals surface area contributed by atoms with Crippen LogP contribution in [0.2, 0.25) is 10.0 Å². The highest BCUT2D eigenvalue weighted by atomic mass is 35.5. The summed E-state index contributed by atoms with van der Waals surface area (Å²) < 4.78 is 1.29. The number of anilines is 1. The maximum Gasteiger partial charge on any atom is 0.280 e. The van der Waals surface area contributed by atoms with Gasteiger partial charge >= 0.3 is 0 Å². The second-order valence-corrected chi connectivity index (χ2v) is 11.3. The molecule has 2 aliphatic heterocycles. The van der Waals surface area contributed by atoms with Crippen LogP contribution < -0.4 is 4.90 Å². The first-order chi connectivity index (χ1) is 18.0. The Hall–Kier alpha value is -2.71. The molecule has 2 aliphatic rings. The molecule has 1 aromatic heterocycles. The SMILES string of the molecule is CN1CCN(C)CC1.Cc1cc(Cl)ccc1C1c2c(nn(C=O)c2C(C)C)C(=O)N1c1cc(Cl)ccc1C. The molecule has 5 rings (SSSR count). The molecule has 7 nitrogen and oxygen atoms in total. The number of nitrogens with zero attached hydrogens (tertiary/aromatic N) is 5. The van der Waals surface area contributed by atoms with Crippen molar-refractivity contribution >= 4 is 41.2 Å². The van der Waals surface area contributed by atoms with Crippen LogP contribution in [0.3, 0.4) is 0 Å². The molecule has 202 valence electrons. The molecule has 1 amide bonds. The minimum absolute atomic E-state index is 0.00485. The van der Waals surface area contributed by atoms with Crippen LogP contribution in [-0.4, -0.2) is 72.2 Å². The van der Waals surface area contributed by atoms with Crippen LogP contribution in [0, 0.1) is 13.8 Å². The van der Waals surface area contributed by atoms with Gasteiger partial charge in [-0.3, -0.25) is 14.5 Å². The number of piperazine rings is 1. The van der Waals surface area contributed by atoms with Gasteiger partial charge in [0.1, 0.15) is 0 Å². The van der Waals surface area contributed by atoms with Gasteiger partial charge in [0.05, 0.1) is 11.7 Å². The van der Waals surface area contributed by atoms with E-state index in [1.807, 2.05) is 52.0 Å². The number of amides is 1. The van der Waals surface area contributed by atoms with Crippen molar-refractivity contribution in [2.45, 2.75) is 39.7 Å². The van der Waals surface area contributed by atoms with Crippen molar-refractivity contribution in [3.8, 4) is 0 Å². The number of hydrogen-bond donors (Lipinski definition) is 0. The van der Waals surface area contributed by atoms with Crippen LogP contribution in [0.4, 0.5) is 5.69 Å². The first kappa shape index (κ1) is 28.3. The third kappa shape index (κ3) is 5.52. The minimum Gasteiger partial charge on any atom is -0.304 e. The third-order valence-electron chi connectivity index (χ3n) is 7.27. The summed E-state index contributed by atoms with van der Waals surface area (Å²) in [4.78, 5) is 31.7. The van der Waals surface area contributed by atoms with Crippen molar-refractivity contribution in [1.29, 1.82) is 0 Å². The molecule has 1 atom stereocenters. The second-order valence-electron chi connectivity index (χ2n) is 10.5. The average molecular weight is 557 g/mol. The van der Waals surface area contributed by atoms with Gasteiger partial charge < -0.3 is 9.80 Å². The molecule has 3 heterocycles. The number of carbonyl (C=O) groups excluding carboxylic acids is 2. The van der Waals surface area contributed by atoms with Crippen LogP contribution in [0.15, 0.2) is 36.4 Å². The number of hydrogen-bond acceptors (Lipinski definition) is 5. The van der Waals surface area contributed by atoms with Crippen molar-refractivity contribution in [1.82, 2.24) is 19.6 Å². The van der Waals surface area contributed by atoms with Crippen LogP contribution >= 0.6 is 23.2 Å². The van der Waals surface area contributed by atoms with Gasteiger partial charge in [-0.15, -0.1) is 0 Å². The molecule has 2 aromatic carbocycles. The average Bonchev–Trinajstić information content (AvgIpc) is 3.38. The zero-order chi connectivity index (χ0) is 27.7. The summed E-state index contributed by atoms with van der Waals surface area (Å²) in [6.07, 6.45) is 0.654. The fraction of sp³-hybridized carbons (Fsp3) is 0.414. The summed E-state index contributed by atoms with van der Waals surface area (Å²) in [5, 5.41) is 5.53. The molecular formula is C29H35Cl2N5O2. The number of likely N-dealkylation sites (N-methyl/N-ethyl adjacent to an activating group) is 2. The van der Waals surface area contributed by atoms with Crippen molar-refractivity contribution < 1.29 is 9.59 Å². The Bertz CT molecular complexity index is 1330. The molecule has 0 aliphatic carbocycles. The highest BCUT2D eigenvalue weighted by Gasteiger charge is 2.45. The van der Waals surface area contributed by atoms with E-state index in [9.17, 15) is 9.59 Å². The predicted molar refractivity (Wildman–Crippen MR) is 154 cm³/mol. The van der Waals surface area contributed by atoms with Gasteiger partial charge in [-0.1, -0.05) is 49.2 Å². The molecular weight excluding hydrogens is 521 g/mol. The zero-order valence-electron chi connectivity index (χ0n) is 22.8. The van der Waals surface area contributed by atoms with Crippen molar-refractivity contribution in [3.05, 3.63) is 80.1 Å². The number of aryl methyl sites for hydroxylation is 2. The molecule has 3 aromatic rings. The highest BCUT2D eigenvalue weighted by Crippen LogP contribution is 2.46. The smallest absolute Gasteiger partial charge is 0.280 e. The van der Waals surface area contributed by atoms with E-state index in [1.165, 1.54) is 30.9 Å². The number of rotatable bonds is 4. The third-order valence-corrected chi connectivity index (χ3v) is 7.74. The fourth-order valence-electron chi connectivity index (χ4n) is 5.14. The Morgan fingerprint density at radius 3 is 2.05 bits per heavy atom. The van der Waals surface area contributed by atoms with Gasteiger partial charge in [-0.05, 0) is 74.8 Å². The van der Waals surface area contributed by atoms with E-state index in [-0.39, 0.29) is 11.8 Å². The lowest BCUT2D eigenvalue weighted by Crippen LogP contribution is -2.42. The van der Waals surface area contributed by atoms with Crippen molar-refractivity contribution in [2.75, 3.05) is 45.2 Å². The molecule has 1 saturated heterocycles. The topological polar surface area (TPSA) is 61.7 Å². The zero-order valence-corrected chi connectivity index (χ0v) is 24.3. The van der Waals surface area contributed by atoms with E-state index in [4.69, 9.17) is 23.2 Å². The van der Waals surface area contributed by atoms with Gasteiger partial charge in [0, 0.05) is 47.5 Å². The molecule has 9 heteroatoms. The van der Waals surface area contributed by atoms with Crippen molar-refractivity contribution in [3.63, 3.8) is 0 Å². The molecule has 38 heavy (non-hydrogen) atoms. The summed E-state index contributed by atoms with van der Waals surface area (Å²) in [5.41, 5.74) is 5.30. The molecule has 0 radical (unpaired) electrons. The van der Waals surface area contributed by atoms with Gasteiger partial charge in [0.2, 0.25) is 6.41 Å². The monoisotopic (exact) mass is 555 g/mol. The molecule has 0 spiro atoms. The predicted octanol–water partition coefficient (Wildman–Crippen LogP) is 5.58.